The molecule has 0 saturated carbocycles. The summed E-state index contributed by atoms with van der Waals surface area (Å²) in [6.07, 6.45) is 0. The third-order valence-electron chi connectivity index (χ3n) is 1.55. The lowest BCUT2D eigenvalue weighted by Crippen LogP contribution is -2.01. The van der Waals surface area contributed by atoms with Crippen molar-refractivity contribution in [3.63, 3.8) is 0 Å². The second-order valence-corrected chi connectivity index (χ2v) is 4.45. The molecule has 0 amide bonds. The summed E-state index contributed by atoms with van der Waals surface area (Å²) in [4.78, 5) is 0. The average Bonchev–Trinajstić information content (AvgIpc) is 2.13. The second-order valence-electron chi connectivity index (χ2n) is 2.55. The highest BCUT2D eigenvalue weighted by Gasteiger charge is 2.03. The van der Waals surface area contributed by atoms with Gasteiger partial charge in [-0.1, -0.05) is 12.1 Å². The quantitative estimate of drug-likeness (QED) is 0.846. The molecule has 0 heterocycles. The zero-order chi connectivity index (χ0) is 9.68. The van der Waals surface area contributed by atoms with Crippen molar-refractivity contribution in [2.75, 3.05) is 12.3 Å². The summed E-state index contributed by atoms with van der Waals surface area (Å²) in [5, 5.41) is 0. The van der Waals surface area contributed by atoms with Gasteiger partial charge in [0.05, 0.1) is 4.47 Å². The smallest absolute Gasteiger partial charge is 0.137 e. The minimum atomic E-state index is -0.203. The van der Waals surface area contributed by atoms with Crippen LogP contribution >= 0.6 is 27.7 Å². The molecule has 0 aromatic heterocycles. The van der Waals surface area contributed by atoms with Crippen molar-refractivity contribution in [3.8, 4) is 0 Å². The first-order chi connectivity index (χ1) is 6.25. The second kappa shape index (κ2) is 5.62. The van der Waals surface area contributed by atoms with Crippen molar-refractivity contribution < 1.29 is 4.39 Å². The number of hydrogen-bond donors (Lipinski definition) is 1. The van der Waals surface area contributed by atoms with Gasteiger partial charge in [0.25, 0.3) is 0 Å². The third kappa shape index (κ3) is 3.29. The van der Waals surface area contributed by atoms with Gasteiger partial charge in [-0.3, -0.25) is 0 Å². The van der Waals surface area contributed by atoms with Gasteiger partial charge in [0.2, 0.25) is 0 Å². The van der Waals surface area contributed by atoms with Crippen LogP contribution in [0.4, 0.5) is 4.39 Å². The summed E-state index contributed by atoms with van der Waals surface area (Å²) in [7, 11) is 0. The van der Waals surface area contributed by atoms with Gasteiger partial charge in [-0.15, -0.1) is 0 Å². The van der Waals surface area contributed by atoms with Crippen LogP contribution in [0.2, 0.25) is 0 Å². The van der Waals surface area contributed by atoms with E-state index in [1.807, 2.05) is 6.07 Å². The first-order valence-corrected chi connectivity index (χ1v) is 5.91. The minimum Gasteiger partial charge on any atom is -0.330 e. The summed E-state index contributed by atoms with van der Waals surface area (Å²) >= 11 is 4.92. The molecule has 0 atom stereocenters. The van der Waals surface area contributed by atoms with Crippen molar-refractivity contribution in [1.29, 1.82) is 0 Å². The number of benzene rings is 1. The predicted molar refractivity (Wildman–Crippen MR) is 59.3 cm³/mol. The highest BCUT2D eigenvalue weighted by atomic mass is 79.9. The molecule has 0 aliphatic carbocycles. The Kier molecular flexibility index (Phi) is 4.77. The van der Waals surface area contributed by atoms with Crippen molar-refractivity contribution in [2.45, 2.75) is 5.75 Å². The van der Waals surface area contributed by atoms with Gasteiger partial charge in [-0.2, -0.15) is 11.8 Å². The number of rotatable bonds is 4. The molecule has 0 bridgehead atoms. The fourth-order valence-electron chi connectivity index (χ4n) is 0.925. The van der Waals surface area contributed by atoms with E-state index in [0.717, 1.165) is 17.1 Å². The van der Waals surface area contributed by atoms with Crippen LogP contribution in [0.3, 0.4) is 0 Å². The Morgan fingerprint density at radius 3 is 2.92 bits per heavy atom. The number of thioether (sulfide) groups is 1. The van der Waals surface area contributed by atoms with Crippen LogP contribution in [-0.2, 0) is 5.75 Å². The summed E-state index contributed by atoms with van der Waals surface area (Å²) < 4.78 is 13.6. The molecule has 0 spiro atoms. The molecule has 0 radical (unpaired) electrons. The summed E-state index contributed by atoms with van der Waals surface area (Å²) in [6.45, 7) is 0.664. The fourth-order valence-corrected chi connectivity index (χ4v) is 2.29. The van der Waals surface area contributed by atoms with Crippen LogP contribution in [0, 0.1) is 5.82 Å². The lowest BCUT2D eigenvalue weighted by molar-refractivity contribution is 0.619. The Hall–Kier alpha value is -0.0600. The minimum absolute atomic E-state index is 0.203. The number of nitrogens with two attached hydrogens (primary N) is 1. The summed E-state index contributed by atoms with van der Waals surface area (Å²) in [5.74, 6) is 1.50. The van der Waals surface area contributed by atoms with E-state index in [0.29, 0.717) is 11.0 Å². The van der Waals surface area contributed by atoms with Crippen LogP contribution < -0.4 is 5.73 Å². The molecule has 0 unspecified atom stereocenters. The van der Waals surface area contributed by atoms with Crippen molar-refractivity contribution >= 4 is 27.7 Å². The van der Waals surface area contributed by atoms with Gasteiger partial charge in [-0.05, 0) is 27.6 Å². The normalized spacial score (nSPS) is 10.4. The fraction of sp³-hybridized carbons (Fsp3) is 0.333. The largest absolute Gasteiger partial charge is 0.330 e. The van der Waals surface area contributed by atoms with E-state index in [9.17, 15) is 4.39 Å². The highest BCUT2D eigenvalue weighted by Crippen LogP contribution is 2.23. The van der Waals surface area contributed by atoms with Crippen LogP contribution in [0.15, 0.2) is 22.7 Å². The maximum atomic E-state index is 13.0. The summed E-state index contributed by atoms with van der Waals surface area (Å²) in [5.41, 5.74) is 6.34. The van der Waals surface area contributed by atoms with Crippen LogP contribution in [-0.4, -0.2) is 12.3 Å². The Morgan fingerprint density at radius 2 is 2.23 bits per heavy atom. The standard InChI is InChI=1S/C9H11BrFNS/c10-9-7(6-13-5-4-12)2-1-3-8(9)11/h1-3H,4-6,12H2. The van der Waals surface area contributed by atoms with Gasteiger partial charge in [0.1, 0.15) is 5.82 Å². The number of halogens is 2. The van der Waals surface area contributed by atoms with E-state index < -0.39 is 0 Å². The molecule has 2 N–H and O–H groups in total. The third-order valence-corrected chi connectivity index (χ3v) is 3.48. The van der Waals surface area contributed by atoms with Gasteiger partial charge in [0, 0.05) is 18.1 Å². The molecular formula is C9H11BrFNS. The Bertz CT molecular complexity index is 280. The zero-order valence-corrected chi connectivity index (χ0v) is 9.50. The molecule has 4 heteroatoms. The van der Waals surface area contributed by atoms with E-state index in [1.165, 1.54) is 6.07 Å². The Morgan fingerprint density at radius 1 is 1.46 bits per heavy atom. The van der Waals surface area contributed by atoms with E-state index in [4.69, 9.17) is 5.73 Å². The maximum Gasteiger partial charge on any atom is 0.137 e. The van der Waals surface area contributed by atoms with Crippen LogP contribution in [0.1, 0.15) is 5.56 Å². The first-order valence-electron chi connectivity index (χ1n) is 3.96. The molecule has 1 aromatic rings. The van der Waals surface area contributed by atoms with Gasteiger partial charge >= 0.3 is 0 Å². The molecule has 72 valence electrons. The molecule has 1 rings (SSSR count). The Balaban J connectivity index is 2.61. The van der Waals surface area contributed by atoms with E-state index >= 15 is 0 Å². The highest BCUT2D eigenvalue weighted by molar-refractivity contribution is 9.10. The molecule has 1 aromatic carbocycles. The van der Waals surface area contributed by atoms with Crippen LogP contribution in [0.25, 0.3) is 0 Å². The maximum absolute atomic E-state index is 13.0. The van der Waals surface area contributed by atoms with Crippen molar-refractivity contribution in [2.24, 2.45) is 5.73 Å². The molecule has 0 saturated heterocycles. The van der Waals surface area contributed by atoms with Gasteiger partial charge in [-0.25, -0.2) is 4.39 Å². The van der Waals surface area contributed by atoms with E-state index in [1.54, 1.807) is 17.8 Å². The lowest BCUT2D eigenvalue weighted by Gasteiger charge is -2.03. The average molecular weight is 264 g/mol. The monoisotopic (exact) mass is 263 g/mol. The first kappa shape index (κ1) is 11.0. The van der Waals surface area contributed by atoms with Gasteiger partial charge < -0.3 is 5.73 Å². The predicted octanol–water partition coefficient (Wildman–Crippen LogP) is 2.78. The van der Waals surface area contributed by atoms with E-state index in [-0.39, 0.29) is 5.82 Å². The lowest BCUT2D eigenvalue weighted by atomic mass is 10.2. The SMILES string of the molecule is NCCSCc1cccc(F)c1Br. The zero-order valence-electron chi connectivity index (χ0n) is 7.09. The number of hydrogen-bond acceptors (Lipinski definition) is 2. The molecule has 0 aliphatic rings. The Labute approximate surface area is 90.0 Å². The topological polar surface area (TPSA) is 26.0 Å². The van der Waals surface area contributed by atoms with Crippen LogP contribution in [0.5, 0.6) is 0 Å². The molecular weight excluding hydrogens is 253 g/mol. The summed E-state index contributed by atoms with van der Waals surface area (Å²) in [6, 6.07) is 5.08. The molecule has 0 fully saturated rings. The van der Waals surface area contributed by atoms with E-state index in [2.05, 4.69) is 15.9 Å². The molecule has 1 nitrogen and oxygen atoms in total. The van der Waals surface area contributed by atoms with Crippen molar-refractivity contribution in [1.82, 2.24) is 0 Å². The molecule has 13 heavy (non-hydrogen) atoms. The molecule has 0 aliphatic heterocycles. The van der Waals surface area contributed by atoms with Gasteiger partial charge in [0.15, 0.2) is 0 Å². The van der Waals surface area contributed by atoms with Crippen molar-refractivity contribution in [3.05, 3.63) is 34.1 Å².